The maximum Gasteiger partial charge on any atom is 0.318 e. The van der Waals surface area contributed by atoms with Crippen molar-refractivity contribution in [1.82, 2.24) is 15.5 Å². The van der Waals surface area contributed by atoms with Gasteiger partial charge in [0.15, 0.2) is 0 Å². The lowest BCUT2D eigenvalue weighted by molar-refractivity contribution is 0.184. The van der Waals surface area contributed by atoms with Gasteiger partial charge in [-0.25, -0.2) is 4.79 Å². The van der Waals surface area contributed by atoms with Gasteiger partial charge >= 0.3 is 6.03 Å². The number of amides is 2. The van der Waals surface area contributed by atoms with Crippen molar-refractivity contribution in [2.75, 3.05) is 19.6 Å². The van der Waals surface area contributed by atoms with Gasteiger partial charge in [-0.2, -0.15) is 0 Å². The molecule has 2 atom stereocenters. The molecular weight excluding hydrogens is 314 g/mol. The van der Waals surface area contributed by atoms with Crippen molar-refractivity contribution in [2.24, 2.45) is 0 Å². The Kier molecular flexibility index (Phi) is 3.59. The van der Waals surface area contributed by atoms with E-state index in [0.29, 0.717) is 6.04 Å². The van der Waals surface area contributed by atoms with Crippen molar-refractivity contribution >= 4 is 33.3 Å². The molecule has 2 N–H and O–H groups in total. The molecule has 4 nitrogen and oxygen atoms in total. The van der Waals surface area contributed by atoms with Crippen molar-refractivity contribution in [3.63, 3.8) is 0 Å². The molecule has 18 heavy (non-hydrogen) atoms. The third-order valence-corrected chi connectivity index (χ3v) is 5.32. The molecule has 0 saturated carbocycles. The van der Waals surface area contributed by atoms with Gasteiger partial charge in [0.25, 0.3) is 0 Å². The lowest BCUT2D eigenvalue weighted by Crippen LogP contribution is -2.47. The normalized spacial score (nSPS) is 28.5. The highest BCUT2D eigenvalue weighted by Gasteiger charge is 2.35. The van der Waals surface area contributed by atoms with Crippen LogP contribution in [0.25, 0.3) is 0 Å². The Hall–Kier alpha value is -0.590. The molecule has 2 aliphatic heterocycles. The second kappa shape index (κ2) is 5.19. The number of carbonyl (C=O) groups excluding carboxylic acids is 1. The molecule has 3 heterocycles. The van der Waals surface area contributed by atoms with E-state index >= 15 is 0 Å². The lowest BCUT2D eigenvalue weighted by Gasteiger charge is -2.30. The number of piperidine rings is 1. The summed E-state index contributed by atoms with van der Waals surface area (Å²) in [5, 5.41) is 6.44. The van der Waals surface area contributed by atoms with E-state index in [-0.39, 0.29) is 12.1 Å². The molecule has 2 saturated heterocycles. The number of nitrogens with one attached hydrogen (secondary N) is 2. The van der Waals surface area contributed by atoms with Crippen LogP contribution in [-0.4, -0.2) is 36.6 Å². The Morgan fingerprint density at radius 1 is 1.44 bits per heavy atom. The van der Waals surface area contributed by atoms with Crippen LogP contribution in [0.1, 0.15) is 23.8 Å². The molecule has 2 unspecified atom stereocenters. The zero-order chi connectivity index (χ0) is 12.5. The number of hydrogen-bond donors (Lipinski definition) is 2. The minimum atomic E-state index is 0.0817. The first kappa shape index (κ1) is 12.4. The fraction of sp³-hybridized carbons (Fsp3) is 0.583. The molecule has 0 aliphatic carbocycles. The summed E-state index contributed by atoms with van der Waals surface area (Å²) in [4.78, 5) is 15.3. The van der Waals surface area contributed by atoms with Crippen molar-refractivity contribution in [3.8, 4) is 0 Å². The number of nitrogens with zero attached hydrogens (tertiary/aromatic N) is 1. The molecule has 0 radical (unpaired) electrons. The first-order valence-electron chi connectivity index (χ1n) is 6.27. The van der Waals surface area contributed by atoms with Crippen molar-refractivity contribution in [2.45, 2.75) is 24.9 Å². The van der Waals surface area contributed by atoms with Gasteiger partial charge in [-0.05, 0) is 47.4 Å². The quantitative estimate of drug-likeness (QED) is 0.874. The van der Waals surface area contributed by atoms with E-state index in [4.69, 9.17) is 0 Å². The van der Waals surface area contributed by atoms with Crippen LogP contribution in [-0.2, 0) is 0 Å². The zero-order valence-corrected chi connectivity index (χ0v) is 12.4. The van der Waals surface area contributed by atoms with Gasteiger partial charge in [-0.1, -0.05) is 0 Å². The summed E-state index contributed by atoms with van der Waals surface area (Å²) in [5.74, 6) is 0. The van der Waals surface area contributed by atoms with E-state index in [1.54, 1.807) is 11.3 Å². The molecule has 2 fully saturated rings. The molecule has 2 aliphatic rings. The molecule has 0 spiro atoms. The summed E-state index contributed by atoms with van der Waals surface area (Å²) in [6.45, 7) is 2.79. The number of rotatable bonds is 2. The Labute approximate surface area is 119 Å². The highest BCUT2D eigenvalue weighted by atomic mass is 79.9. The second-order valence-electron chi connectivity index (χ2n) is 4.80. The Bertz CT molecular complexity index is 444. The monoisotopic (exact) mass is 329 g/mol. The average molecular weight is 330 g/mol. The molecule has 0 bridgehead atoms. The third kappa shape index (κ3) is 2.41. The van der Waals surface area contributed by atoms with E-state index in [0.717, 1.165) is 36.3 Å². The number of hydrogen-bond acceptors (Lipinski definition) is 3. The molecule has 1 aromatic heterocycles. The maximum absolute atomic E-state index is 12.0. The Morgan fingerprint density at radius 3 is 3.00 bits per heavy atom. The number of carbonyl (C=O) groups is 1. The van der Waals surface area contributed by atoms with Crippen LogP contribution in [0.3, 0.4) is 0 Å². The van der Waals surface area contributed by atoms with Gasteiger partial charge in [-0.15, -0.1) is 11.3 Å². The van der Waals surface area contributed by atoms with Gasteiger partial charge in [-0.3, -0.25) is 0 Å². The van der Waals surface area contributed by atoms with E-state index in [2.05, 4.69) is 32.6 Å². The highest BCUT2D eigenvalue weighted by Crippen LogP contribution is 2.31. The number of thiophene rings is 1. The maximum atomic E-state index is 12.0. The van der Waals surface area contributed by atoms with Gasteiger partial charge in [0.05, 0.1) is 9.83 Å². The van der Waals surface area contributed by atoms with Crippen LogP contribution in [0.2, 0.25) is 0 Å². The summed E-state index contributed by atoms with van der Waals surface area (Å²) in [6.07, 6.45) is 2.27. The fourth-order valence-electron chi connectivity index (χ4n) is 2.65. The smallest absolute Gasteiger partial charge is 0.318 e. The largest absolute Gasteiger partial charge is 0.329 e. The summed E-state index contributed by atoms with van der Waals surface area (Å²) >= 11 is 5.16. The number of urea groups is 1. The minimum absolute atomic E-state index is 0.0817. The average Bonchev–Trinajstić information content (AvgIpc) is 2.97. The van der Waals surface area contributed by atoms with E-state index in [1.165, 1.54) is 4.88 Å². The molecule has 98 valence electrons. The predicted molar refractivity (Wildman–Crippen MR) is 75.9 cm³/mol. The van der Waals surface area contributed by atoms with Crippen LogP contribution >= 0.6 is 27.3 Å². The van der Waals surface area contributed by atoms with Gasteiger partial charge in [0.2, 0.25) is 0 Å². The first-order chi connectivity index (χ1) is 8.74. The van der Waals surface area contributed by atoms with Crippen molar-refractivity contribution < 1.29 is 4.79 Å². The highest BCUT2D eigenvalue weighted by molar-refractivity contribution is 9.11. The van der Waals surface area contributed by atoms with Gasteiger partial charge in [0, 0.05) is 24.0 Å². The third-order valence-electron chi connectivity index (χ3n) is 3.59. The Balaban J connectivity index is 1.69. The van der Waals surface area contributed by atoms with Crippen molar-refractivity contribution in [1.29, 1.82) is 0 Å². The Morgan fingerprint density at radius 2 is 2.33 bits per heavy atom. The SMILES string of the molecule is O=C1NC(c2ccc(Br)s2)CN1C1CCCNC1. The summed E-state index contributed by atoms with van der Waals surface area (Å²) in [5.41, 5.74) is 0. The first-order valence-corrected chi connectivity index (χ1v) is 7.88. The minimum Gasteiger partial charge on any atom is -0.329 e. The summed E-state index contributed by atoms with van der Waals surface area (Å²) < 4.78 is 1.12. The van der Waals surface area contributed by atoms with Gasteiger partial charge in [0.1, 0.15) is 0 Å². The van der Waals surface area contributed by atoms with Crippen LogP contribution in [0.4, 0.5) is 4.79 Å². The molecular formula is C12H16BrN3OS. The lowest BCUT2D eigenvalue weighted by atomic mass is 10.1. The summed E-state index contributed by atoms with van der Waals surface area (Å²) in [7, 11) is 0. The molecule has 6 heteroatoms. The molecule has 1 aromatic rings. The number of halogens is 1. The van der Waals surface area contributed by atoms with Crippen LogP contribution in [0, 0.1) is 0 Å². The fourth-order valence-corrected chi connectivity index (χ4v) is 4.11. The molecule has 2 amide bonds. The van der Waals surface area contributed by atoms with Gasteiger partial charge < -0.3 is 15.5 Å². The van der Waals surface area contributed by atoms with E-state index < -0.39 is 0 Å². The predicted octanol–water partition coefficient (Wildman–Crippen LogP) is 2.33. The van der Waals surface area contributed by atoms with E-state index in [9.17, 15) is 4.79 Å². The molecule has 3 rings (SSSR count). The van der Waals surface area contributed by atoms with Crippen molar-refractivity contribution in [3.05, 3.63) is 20.8 Å². The zero-order valence-electron chi connectivity index (χ0n) is 9.99. The van der Waals surface area contributed by atoms with Crippen LogP contribution < -0.4 is 10.6 Å². The second-order valence-corrected chi connectivity index (χ2v) is 7.29. The van der Waals surface area contributed by atoms with Crippen LogP contribution in [0.5, 0.6) is 0 Å². The standard InChI is InChI=1S/C12H16BrN3OS/c13-11-4-3-10(18-11)9-7-16(12(17)15-9)8-2-1-5-14-6-8/h3-4,8-9,14H,1-2,5-7H2,(H,15,17). The van der Waals surface area contributed by atoms with E-state index in [1.807, 2.05) is 11.0 Å². The summed E-state index contributed by atoms with van der Waals surface area (Å²) in [6, 6.07) is 4.71. The molecule has 0 aromatic carbocycles. The van der Waals surface area contributed by atoms with Crippen LogP contribution in [0.15, 0.2) is 15.9 Å². The topological polar surface area (TPSA) is 44.4 Å².